The Morgan fingerprint density at radius 3 is 2.29 bits per heavy atom. The first-order chi connectivity index (χ1) is 14.5. The molecule has 4 aromatic rings. The Labute approximate surface area is 188 Å². The summed E-state index contributed by atoms with van der Waals surface area (Å²) in [5.74, 6) is 0. The Hall–Kier alpha value is -2.96. The monoisotopic (exact) mass is 433 g/mol. The standard InChI is InChI=1S/C25H28N4S.H3N/c1-6-21-16(3)12-17(4)24(22(21)7-2)28-25-27-23(14-30-25)19-8-10-20(11-9-19)29-13-18(5)26-15-29;/h8-15H,6-7H2,1-5H3,(H,27,28);1H3. The van der Waals surface area contributed by atoms with Crippen LogP contribution in [0.5, 0.6) is 0 Å². The smallest absolute Gasteiger partial charge is 0.187 e. The highest BCUT2D eigenvalue weighted by Crippen LogP contribution is 2.33. The zero-order valence-corrected chi connectivity index (χ0v) is 19.8. The van der Waals surface area contributed by atoms with Gasteiger partial charge < -0.3 is 16.0 Å². The van der Waals surface area contributed by atoms with E-state index in [-0.39, 0.29) is 6.15 Å². The molecule has 0 saturated carbocycles. The highest BCUT2D eigenvalue weighted by Gasteiger charge is 2.14. The van der Waals surface area contributed by atoms with Crippen molar-refractivity contribution >= 4 is 22.2 Å². The van der Waals surface area contributed by atoms with E-state index in [4.69, 9.17) is 4.98 Å². The topological polar surface area (TPSA) is 77.7 Å². The van der Waals surface area contributed by atoms with Crippen LogP contribution in [0.25, 0.3) is 16.9 Å². The normalized spacial score (nSPS) is 10.7. The fraction of sp³-hybridized carbons (Fsp3) is 0.280. The van der Waals surface area contributed by atoms with Crippen LogP contribution in [0.15, 0.2) is 48.2 Å². The summed E-state index contributed by atoms with van der Waals surface area (Å²) in [6, 6.07) is 10.7. The van der Waals surface area contributed by atoms with Gasteiger partial charge in [-0.1, -0.05) is 32.0 Å². The van der Waals surface area contributed by atoms with Crippen molar-refractivity contribution < 1.29 is 0 Å². The summed E-state index contributed by atoms with van der Waals surface area (Å²) in [5, 5.41) is 6.67. The number of rotatable bonds is 6. The fourth-order valence-corrected chi connectivity index (χ4v) is 4.83. The number of hydrogen-bond donors (Lipinski definition) is 2. The summed E-state index contributed by atoms with van der Waals surface area (Å²) in [4.78, 5) is 9.16. The molecule has 0 unspecified atom stereocenters. The zero-order valence-electron chi connectivity index (χ0n) is 19.0. The number of aromatic nitrogens is 3. The summed E-state index contributed by atoms with van der Waals surface area (Å²) < 4.78 is 2.03. The van der Waals surface area contributed by atoms with Gasteiger partial charge in [0.05, 0.1) is 17.7 Å². The largest absolute Gasteiger partial charge is 0.344 e. The first kappa shape index (κ1) is 22.7. The lowest BCUT2D eigenvalue weighted by Gasteiger charge is -2.18. The number of aryl methyl sites for hydroxylation is 3. The van der Waals surface area contributed by atoms with Gasteiger partial charge in [0.15, 0.2) is 5.13 Å². The van der Waals surface area contributed by atoms with Crippen LogP contribution < -0.4 is 11.5 Å². The summed E-state index contributed by atoms with van der Waals surface area (Å²) in [5.41, 5.74) is 11.0. The molecule has 0 aliphatic carbocycles. The van der Waals surface area contributed by atoms with E-state index in [1.54, 1.807) is 11.3 Å². The number of imidazole rings is 1. The highest BCUT2D eigenvalue weighted by atomic mass is 32.1. The fourth-order valence-electron chi connectivity index (χ4n) is 4.10. The lowest BCUT2D eigenvalue weighted by atomic mass is 9.93. The number of nitrogens with one attached hydrogen (secondary N) is 1. The Morgan fingerprint density at radius 2 is 1.68 bits per heavy atom. The van der Waals surface area contributed by atoms with E-state index in [2.05, 4.69) is 73.7 Å². The number of hydrogen-bond acceptors (Lipinski definition) is 5. The third-order valence-corrected chi connectivity index (χ3v) is 6.34. The van der Waals surface area contributed by atoms with Crippen molar-refractivity contribution in [1.29, 1.82) is 0 Å². The molecule has 162 valence electrons. The minimum atomic E-state index is 0. The molecule has 0 radical (unpaired) electrons. The van der Waals surface area contributed by atoms with E-state index < -0.39 is 0 Å². The number of nitrogens with zero attached hydrogens (tertiary/aromatic N) is 3. The second-order valence-corrected chi connectivity index (χ2v) is 8.54. The van der Waals surface area contributed by atoms with Gasteiger partial charge in [0.1, 0.15) is 0 Å². The molecule has 0 fully saturated rings. The second-order valence-electron chi connectivity index (χ2n) is 7.68. The van der Waals surface area contributed by atoms with Crippen LogP contribution in [0.2, 0.25) is 0 Å². The van der Waals surface area contributed by atoms with Gasteiger partial charge in [-0.3, -0.25) is 0 Å². The molecule has 0 saturated heterocycles. The van der Waals surface area contributed by atoms with Gasteiger partial charge in [-0.15, -0.1) is 11.3 Å². The summed E-state index contributed by atoms with van der Waals surface area (Å²) in [7, 11) is 0. The zero-order chi connectivity index (χ0) is 21.3. The van der Waals surface area contributed by atoms with Crippen LogP contribution in [0.4, 0.5) is 10.8 Å². The molecule has 2 aromatic carbocycles. The summed E-state index contributed by atoms with van der Waals surface area (Å²) in [6.07, 6.45) is 5.94. The average Bonchev–Trinajstić information content (AvgIpc) is 3.39. The predicted octanol–water partition coefficient (Wildman–Crippen LogP) is 6.95. The van der Waals surface area contributed by atoms with Crippen molar-refractivity contribution in [3.8, 4) is 16.9 Å². The number of benzene rings is 2. The van der Waals surface area contributed by atoms with Gasteiger partial charge in [-0.25, -0.2) is 9.97 Å². The SMILES string of the molecule is CCc1c(C)cc(C)c(Nc2nc(-c3ccc(-n4cnc(C)c4)cc3)cs2)c1CC.N. The molecule has 0 atom stereocenters. The van der Waals surface area contributed by atoms with Crippen molar-refractivity contribution in [3.05, 3.63) is 76.2 Å². The van der Waals surface area contributed by atoms with E-state index in [1.807, 2.05) is 24.0 Å². The minimum Gasteiger partial charge on any atom is -0.344 e. The van der Waals surface area contributed by atoms with Gasteiger partial charge in [-0.2, -0.15) is 0 Å². The van der Waals surface area contributed by atoms with E-state index in [0.29, 0.717) is 0 Å². The van der Waals surface area contributed by atoms with Crippen LogP contribution in [0, 0.1) is 20.8 Å². The molecule has 2 aromatic heterocycles. The molecular weight excluding hydrogens is 402 g/mol. The first-order valence-corrected chi connectivity index (χ1v) is 11.3. The molecule has 4 N–H and O–H groups in total. The van der Waals surface area contributed by atoms with E-state index in [1.165, 1.54) is 27.9 Å². The molecule has 31 heavy (non-hydrogen) atoms. The molecule has 0 spiro atoms. The van der Waals surface area contributed by atoms with Gasteiger partial charge in [0, 0.05) is 28.5 Å². The van der Waals surface area contributed by atoms with Crippen molar-refractivity contribution in [3.63, 3.8) is 0 Å². The van der Waals surface area contributed by atoms with Gasteiger partial charge in [0.2, 0.25) is 0 Å². The van der Waals surface area contributed by atoms with Crippen molar-refractivity contribution in [1.82, 2.24) is 20.7 Å². The molecule has 0 amide bonds. The van der Waals surface area contributed by atoms with Crippen LogP contribution in [0.1, 0.15) is 41.8 Å². The molecule has 4 rings (SSSR count). The summed E-state index contributed by atoms with van der Waals surface area (Å²) >= 11 is 1.65. The number of anilines is 2. The molecule has 2 heterocycles. The maximum Gasteiger partial charge on any atom is 0.187 e. The van der Waals surface area contributed by atoms with E-state index >= 15 is 0 Å². The number of thiazole rings is 1. The first-order valence-electron chi connectivity index (χ1n) is 10.5. The maximum atomic E-state index is 4.87. The van der Waals surface area contributed by atoms with E-state index in [9.17, 15) is 0 Å². The van der Waals surface area contributed by atoms with Crippen LogP contribution in [-0.4, -0.2) is 14.5 Å². The van der Waals surface area contributed by atoms with Crippen molar-refractivity contribution in [2.24, 2.45) is 0 Å². The van der Waals surface area contributed by atoms with Gasteiger partial charge in [0.25, 0.3) is 0 Å². The van der Waals surface area contributed by atoms with Crippen molar-refractivity contribution in [2.75, 3.05) is 5.32 Å². The predicted molar refractivity (Wildman–Crippen MR) is 132 cm³/mol. The Kier molecular flexibility index (Phi) is 6.93. The van der Waals surface area contributed by atoms with Crippen LogP contribution in [-0.2, 0) is 12.8 Å². The second kappa shape index (κ2) is 9.45. The summed E-state index contributed by atoms with van der Waals surface area (Å²) in [6.45, 7) is 10.9. The third-order valence-electron chi connectivity index (χ3n) is 5.59. The molecule has 0 aliphatic heterocycles. The molecule has 0 aliphatic rings. The van der Waals surface area contributed by atoms with Crippen molar-refractivity contribution in [2.45, 2.75) is 47.5 Å². The van der Waals surface area contributed by atoms with Gasteiger partial charge in [-0.05, 0) is 68.0 Å². The molecule has 6 heteroatoms. The molecule has 5 nitrogen and oxygen atoms in total. The third kappa shape index (κ3) is 4.55. The average molecular weight is 434 g/mol. The Morgan fingerprint density at radius 1 is 0.968 bits per heavy atom. The lowest BCUT2D eigenvalue weighted by Crippen LogP contribution is -2.04. The molecule has 0 bridgehead atoms. The Balaban J connectivity index is 0.00000272. The minimum absolute atomic E-state index is 0. The lowest BCUT2D eigenvalue weighted by molar-refractivity contribution is 1.01. The van der Waals surface area contributed by atoms with Crippen LogP contribution in [0.3, 0.4) is 0 Å². The quantitative estimate of drug-likeness (QED) is 0.345. The van der Waals surface area contributed by atoms with E-state index in [0.717, 1.165) is 40.6 Å². The maximum absolute atomic E-state index is 4.87. The highest BCUT2D eigenvalue weighted by molar-refractivity contribution is 7.14. The van der Waals surface area contributed by atoms with Gasteiger partial charge >= 0.3 is 0 Å². The Bertz CT molecular complexity index is 1170. The van der Waals surface area contributed by atoms with Crippen LogP contribution >= 0.6 is 11.3 Å². The molecular formula is C25H31N5S.